The average Bonchev–Trinajstić information content (AvgIpc) is 3.04. The first kappa shape index (κ1) is 16.2. The summed E-state index contributed by atoms with van der Waals surface area (Å²) in [6.45, 7) is 1.94. The van der Waals surface area contributed by atoms with Crippen LogP contribution in [0.5, 0.6) is 11.5 Å². The Bertz CT molecular complexity index is 823. The van der Waals surface area contributed by atoms with Crippen molar-refractivity contribution in [1.82, 2.24) is 9.97 Å². The van der Waals surface area contributed by atoms with Gasteiger partial charge < -0.3 is 9.47 Å². The fraction of sp³-hybridized carbons (Fsp3) is 0.235. The number of hydrogen-bond acceptors (Lipinski definition) is 6. The van der Waals surface area contributed by atoms with E-state index in [4.69, 9.17) is 9.47 Å². The maximum Gasteiger partial charge on any atom is 0.225 e. The molecule has 24 heavy (non-hydrogen) atoms. The fourth-order valence-corrected chi connectivity index (χ4v) is 3.50. The minimum Gasteiger partial charge on any atom is -0.495 e. The number of rotatable bonds is 5. The molecule has 124 valence electrons. The number of fused-ring (bicyclic) bond motifs is 1. The zero-order valence-electron chi connectivity index (χ0n) is 13.6. The van der Waals surface area contributed by atoms with E-state index in [2.05, 4.69) is 9.97 Å². The lowest BCUT2D eigenvalue weighted by atomic mass is 10.2. The molecule has 0 unspecified atom stereocenters. The number of thiazole rings is 1. The normalized spacial score (nSPS) is 10.6. The Kier molecular flexibility index (Phi) is 4.61. The lowest BCUT2D eigenvalue weighted by Gasteiger charge is -2.17. The van der Waals surface area contributed by atoms with Crippen LogP contribution < -0.4 is 14.4 Å². The number of pyridine rings is 1. The van der Waals surface area contributed by atoms with Gasteiger partial charge in [-0.05, 0) is 23.8 Å². The number of carbonyl (C=O) groups excluding carboxylic acids is 1. The molecule has 0 radical (unpaired) electrons. The van der Waals surface area contributed by atoms with Crippen LogP contribution in [-0.2, 0) is 11.3 Å². The van der Waals surface area contributed by atoms with Crippen molar-refractivity contribution >= 4 is 32.6 Å². The van der Waals surface area contributed by atoms with Gasteiger partial charge in [0.05, 0.1) is 20.8 Å². The van der Waals surface area contributed by atoms with E-state index in [-0.39, 0.29) is 5.91 Å². The fourth-order valence-electron chi connectivity index (χ4n) is 2.38. The Morgan fingerprint density at radius 2 is 1.96 bits per heavy atom. The van der Waals surface area contributed by atoms with Crippen molar-refractivity contribution < 1.29 is 14.3 Å². The highest BCUT2D eigenvalue weighted by molar-refractivity contribution is 7.22. The molecule has 1 aromatic carbocycles. The van der Waals surface area contributed by atoms with Crippen molar-refractivity contribution in [2.75, 3.05) is 19.1 Å². The van der Waals surface area contributed by atoms with Crippen LogP contribution in [0.4, 0.5) is 5.13 Å². The number of anilines is 1. The number of hydrogen-bond donors (Lipinski definition) is 0. The molecular weight excluding hydrogens is 326 g/mol. The van der Waals surface area contributed by atoms with Crippen LogP contribution >= 0.6 is 11.3 Å². The van der Waals surface area contributed by atoms with E-state index in [0.717, 1.165) is 10.3 Å². The number of benzene rings is 1. The van der Waals surface area contributed by atoms with Gasteiger partial charge in [-0.1, -0.05) is 17.4 Å². The Morgan fingerprint density at radius 3 is 2.58 bits per heavy atom. The summed E-state index contributed by atoms with van der Waals surface area (Å²) in [5.74, 6) is 1.27. The second-order valence-corrected chi connectivity index (χ2v) is 6.09. The molecule has 7 heteroatoms. The third-order valence-corrected chi connectivity index (χ3v) is 4.67. The maximum atomic E-state index is 12.1. The number of ether oxygens (including phenoxy) is 2. The quantitative estimate of drug-likeness (QED) is 0.711. The van der Waals surface area contributed by atoms with Gasteiger partial charge in [-0.25, -0.2) is 4.98 Å². The van der Waals surface area contributed by atoms with Gasteiger partial charge in [0.15, 0.2) is 5.13 Å². The summed E-state index contributed by atoms with van der Waals surface area (Å²) in [5, 5.41) is 0.601. The summed E-state index contributed by atoms with van der Waals surface area (Å²) in [7, 11) is 3.21. The van der Waals surface area contributed by atoms with Gasteiger partial charge in [-0.3, -0.25) is 14.7 Å². The Balaban J connectivity index is 2.06. The first-order valence-electron chi connectivity index (χ1n) is 7.32. The van der Waals surface area contributed by atoms with Gasteiger partial charge in [0, 0.05) is 19.3 Å². The number of aromatic nitrogens is 2. The van der Waals surface area contributed by atoms with E-state index < -0.39 is 0 Å². The molecule has 0 bridgehead atoms. The zero-order valence-corrected chi connectivity index (χ0v) is 14.5. The van der Waals surface area contributed by atoms with Crippen molar-refractivity contribution in [1.29, 1.82) is 0 Å². The van der Waals surface area contributed by atoms with Crippen LogP contribution in [0, 0.1) is 0 Å². The number of carbonyl (C=O) groups is 1. The van der Waals surface area contributed by atoms with Gasteiger partial charge in [-0.15, -0.1) is 0 Å². The summed E-state index contributed by atoms with van der Waals surface area (Å²) in [6, 6.07) is 7.42. The Labute approximate surface area is 143 Å². The van der Waals surface area contributed by atoms with Crippen molar-refractivity contribution in [3.63, 3.8) is 0 Å². The van der Waals surface area contributed by atoms with E-state index in [1.54, 1.807) is 31.5 Å². The molecule has 2 heterocycles. The minimum absolute atomic E-state index is 0.0872. The molecule has 0 aliphatic heterocycles. The standard InChI is InChI=1S/C17H17N3O3S/c1-11(21)20(10-12-5-4-8-18-9-12)17-19-15-13(22-2)6-7-14(23-3)16(15)24-17/h4-9H,10H2,1-3H3. The van der Waals surface area contributed by atoms with Crippen molar-refractivity contribution in [2.24, 2.45) is 0 Å². The van der Waals surface area contributed by atoms with Crippen molar-refractivity contribution in [3.05, 3.63) is 42.2 Å². The molecule has 0 aliphatic carbocycles. The lowest BCUT2D eigenvalue weighted by Crippen LogP contribution is -2.27. The van der Waals surface area contributed by atoms with Crippen LogP contribution in [0.25, 0.3) is 10.2 Å². The van der Waals surface area contributed by atoms with Gasteiger partial charge in [0.2, 0.25) is 5.91 Å². The summed E-state index contributed by atoms with van der Waals surface area (Å²) >= 11 is 1.40. The summed E-state index contributed by atoms with van der Waals surface area (Å²) in [6.07, 6.45) is 3.44. The maximum absolute atomic E-state index is 12.1. The van der Waals surface area contributed by atoms with Gasteiger partial charge in [0.1, 0.15) is 21.7 Å². The SMILES string of the molecule is COc1ccc(OC)c2sc(N(Cc3cccnc3)C(C)=O)nc12. The zero-order chi connectivity index (χ0) is 17.1. The first-order chi connectivity index (χ1) is 11.6. The van der Waals surface area contributed by atoms with Gasteiger partial charge in [-0.2, -0.15) is 0 Å². The number of nitrogens with zero attached hydrogens (tertiary/aromatic N) is 3. The minimum atomic E-state index is -0.0872. The predicted octanol–water partition coefficient (Wildman–Crippen LogP) is 3.26. The largest absolute Gasteiger partial charge is 0.495 e. The second-order valence-electron chi connectivity index (χ2n) is 5.11. The molecule has 0 atom stereocenters. The first-order valence-corrected chi connectivity index (χ1v) is 8.14. The Hall–Kier alpha value is -2.67. The number of methoxy groups -OCH3 is 2. The van der Waals surface area contributed by atoms with E-state index in [1.807, 2.05) is 24.3 Å². The predicted molar refractivity (Wildman–Crippen MR) is 93.8 cm³/mol. The molecule has 0 N–H and O–H groups in total. The molecule has 0 saturated heterocycles. The molecule has 0 fully saturated rings. The molecule has 2 aromatic heterocycles. The van der Waals surface area contributed by atoms with Gasteiger partial charge >= 0.3 is 0 Å². The van der Waals surface area contributed by atoms with Crippen molar-refractivity contribution in [3.8, 4) is 11.5 Å². The van der Waals surface area contributed by atoms with Crippen LogP contribution in [-0.4, -0.2) is 30.1 Å². The van der Waals surface area contributed by atoms with Crippen molar-refractivity contribution in [2.45, 2.75) is 13.5 Å². The summed E-state index contributed by atoms with van der Waals surface area (Å²) in [4.78, 5) is 22.5. The molecule has 6 nitrogen and oxygen atoms in total. The number of amides is 1. The van der Waals surface area contributed by atoms with Crippen LogP contribution in [0.3, 0.4) is 0 Å². The summed E-state index contributed by atoms with van der Waals surface area (Å²) in [5.41, 5.74) is 1.63. The second kappa shape index (κ2) is 6.84. The lowest BCUT2D eigenvalue weighted by molar-refractivity contribution is -0.116. The highest BCUT2D eigenvalue weighted by Gasteiger charge is 2.20. The molecule has 1 amide bonds. The highest BCUT2D eigenvalue weighted by Crippen LogP contribution is 2.40. The highest BCUT2D eigenvalue weighted by atomic mass is 32.1. The van der Waals surface area contributed by atoms with E-state index in [1.165, 1.54) is 18.3 Å². The third kappa shape index (κ3) is 3.03. The molecular formula is C17H17N3O3S. The Morgan fingerprint density at radius 1 is 1.21 bits per heavy atom. The van der Waals surface area contributed by atoms with E-state index >= 15 is 0 Å². The van der Waals surface area contributed by atoms with Crippen LogP contribution in [0.1, 0.15) is 12.5 Å². The van der Waals surface area contributed by atoms with E-state index in [0.29, 0.717) is 28.7 Å². The molecule has 3 aromatic rings. The van der Waals surface area contributed by atoms with Crippen LogP contribution in [0.2, 0.25) is 0 Å². The molecule has 0 aliphatic rings. The smallest absolute Gasteiger partial charge is 0.225 e. The van der Waals surface area contributed by atoms with Crippen LogP contribution in [0.15, 0.2) is 36.7 Å². The third-order valence-electron chi connectivity index (χ3n) is 3.57. The monoisotopic (exact) mass is 343 g/mol. The molecule has 0 saturated carbocycles. The average molecular weight is 343 g/mol. The molecule has 0 spiro atoms. The summed E-state index contributed by atoms with van der Waals surface area (Å²) < 4.78 is 11.6. The topological polar surface area (TPSA) is 64.6 Å². The van der Waals surface area contributed by atoms with Gasteiger partial charge in [0.25, 0.3) is 0 Å². The molecule has 3 rings (SSSR count). The van der Waals surface area contributed by atoms with E-state index in [9.17, 15) is 4.79 Å².